The number of ether oxygens (including phenoxy) is 1. The molecule has 0 heterocycles. The topological polar surface area (TPSA) is 41.5 Å². The molecule has 0 radical (unpaired) electrons. The van der Waals surface area contributed by atoms with E-state index in [2.05, 4.69) is 36.5 Å². The van der Waals surface area contributed by atoms with Gasteiger partial charge in [-0.25, -0.2) is 0 Å². The van der Waals surface area contributed by atoms with Crippen molar-refractivity contribution in [2.75, 3.05) is 11.9 Å². The minimum atomic E-state index is 0.231. The molecule has 1 unspecified atom stereocenters. The molecule has 21 heavy (non-hydrogen) atoms. The van der Waals surface area contributed by atoms with Crippen LogP contribution in [0.15, 0.2) is 36.4 Å². The fourth-order valence-corrected chi connectivity index (χ4v) is 3.00. The van der Waals surface area contributed by atoms with Gasteiger partial charge < -0.3 is 15.2 Å². The molecule has 3 heteroatoms. The Bertz CT molecular complexity index is 652. The van der Waals surface area contributed by atoms with Crippen LogP contribution in [-0.4, -0.2) is 11.7 Å². The third kappa shape index (κ3) is 2.68. The Hall–Kier alpha value is -2.16. The van der Waals surface area contributed by atoms with Crippen molar-refractivity contribution in [3.8, 4) is 11.5 Å². The van der Waals surface area contributed by atoms with E-state index in [4.69, 9.17) is 4.74 Å². The minimum absolute atomic E-state index is 0.231. The summed E-state index contributed by atoms with van der Waals surface area (Å²) in [7, 11) is 0. The van der Waals surface area contributed by atoms with Crippen molar-refractivity contribution >= 4 is 5.69 Å². The first kappa shape index (κ1) is 13.8. The minimum Gasteiger partial charge on any atom is -0.508 e. The smallest absolute Gasteiger partial charge is 0.142 e. The molecule has 2 N–H and O–H groups in total. The predicted molar refractivity (Wildman–Crippen MR) is 85.1 cm³/mol. The first-order valence-corrected chi connectivity index (χ1v) is 7.49. The van der Waals surface area contributed by atoms with Crippen molar-refractivity contribution in [3.05, 3.63) is 53.1 Å². The number of hydrogen-bond acceptors (Lipinski definition) is 3. The molecule has 0 saturated carbocycles. The van der Waals surface area contributed by atoms with Gasteiger partial charge in [-0.05, 0) is 61.6 Å². The molecule has 0 fully saturated rings. The van der Waals surface area contributed by atoms with Crippen molar-refractivity contribution in [1.82, 2.24) is 0 Å². The van der Waals surface area contributed by atoms with Gasteiger partial charge in [-0.15, -0.1) is 0 Å². The van der Waals surface area contributed by atoms with Crippen LogP contribution in [0.5, 0.6) is 11.5 Å². The molecule has 1 aliphatic rings. The van der Waals surface area contributed by atoms with Gasteiger partial charge in [0.1, 0.15) is 11.5 Å². The maximum absolute atomic E-state index is 9.94. The van der Waals surface area contributed by atoms with E-state index in [-0.39, 0.29) is 6.04 Å². The molecule has 1 atom stereocenters. The summed E-state index contributed by atoms with van der Waals surface area (Å²) < 4.78 is 5.73. The van der Waals surface area contributed by atoms with Crippen LogP contribution in [0.2, 0.25) is 0 Å². The number of hydrogen-bond donors (Lipinski definition) is 2. The number of aromatic hydroxyl groups is 1. The molecule has 2 aromatic rings. The van der Waals surface area contributed by atoms with E-state index in [1.54, 1.807) is 6.07 Å². The predicted octanol–water partition coefficient (Wildman–Crippen LogP) is 4.20. The average Bonchev–Trinajstić information content (AvgIpc) is 2.87. The van der Waals surface area contributed by atoms with Crippen LogP contribution in [-0.2, 0) is 6.42 Å². The highest BCUT2D eigenvalue weighted by atomic mass is 16.5. The van der Waals surface area contributed by atoms with Crippen LogP contribution < -0.4 is 10.1 Å². The van der Waals surface area contributed by atoms with Gasteiger partial charge in [0.25, 0.3) is 0 Å². The highest BCUT2D eigenvalue weighted by molar-refractivity contribution is 5.60. The molecule has 0 spiro atoms. The van der Waals surface area contributed by atoms with Crippen molar-refractivity contribution in [3.63, 3.8) is 0 Å². The Morgan fingerprint density at radius 2 is 2.14 bits per heavy atom. The molecular formula is C18H21NO2. The van der Waals surface area contributed by atoms with Crippen molar-refractivity contribution in [1.29, 1.82) is 0 Å². The van der Waals surface area contributed by atoms with Gasteiger partial charge in [0.05, 0.1) is 18.3 Å². The number of phenols is 1. The Morgan fingerprint density at radius 1 is 1.29 bits per heavy atom. The first-order valence-electron chi connectivity index (χ1n) is 7.49. The Labute approximate surface area is 125 Å². The zero-order chi connectivity index (χ0) is 14.8. The zero-order valence-electron chi connectivity index (χ0n) is 12.5. The Kier molecular flexibility index (Phi) is 3.74. The molecule has 1 aliphatic carbocycles. The summed E-state index contributed by atoms with van der Waals surface area (Å²) in [5.74, 6) is 1.30. The molecule has 0 bridgehead atoms. The highest BCUT2D eigenvalue weighted by Crippen LogP contribution is 2.39. The normalized spacial score (nSPS) is 16.6. The number of anilines is 1. The van der Waals surface area contributed by atoms with Crippen molar-refractivity contribution < 1.29 is 9.84 Å². The second-order valence-electron chi connectivity index (χ2n) is 5.51. The number of nitrogens with one attached hydrogen (secondary N) is 1. The highest BCUT2D eigenvalue weighted by Gasteiger charge is 2.25. The van der Waals surface area contributed by atoms with Gasteiger partial charge in [-0.1, -0.05) is 18.2 Å². The quantitative estimate of drug-likeness (QED) is 0.883. The molecule has 0 saturated heterocycles. The molecule has 0 amide bonds. The summed E-state index contributed by atoms with van der Waals surface area (Å²) in [6.07, 6.45) is 1.90. The summed E-state index contributed by atoms with van der Waals surface area (Å²) >= 11 is 0. The van der Waals surface area contributed by atoms with Gasteiger partial charge >= 0.3 is 0 Å². The Morgan fingerprint density at radius 3 is 2.95 bits per heavy atom. The van der Waals surface area contributed by atoms with Crippen LogP contribution in [0.1, 0.15) is 36.1 Å². The van der Waals surface area contributed by atoms with Gasteiger partial charge in [0, 0.05) is 0 Å². The second-order valence-corrected chi connectivity index (χ2v) is 5.51. The maximum Gasteiger partial charge on any atom is 0.142 e. The van der Waals surface area contributed by atoms with Crippen LogP contribution in [0, 0.1) is 6.92 Å². The standard InChI is InChI=1S/C18H21NO2/c1-3-21-18-11-12(2)7-9-16(18)19-15-10-8-14-13(15)5-4-6-17(14)20/h4-7,9,11,15,19-20H,3,8,10H2,1-2H3. The van der Waals surface area contributed by atoms with E-state index < -0.39 is 0 Å². The van der Waals surface area contributed by atoms with E-state index in [0.717, 1.165) is 29.8 Å². The third-order valence-electron chi connectivity index (χ3n) is 4.01. The number of phenolic OH excluding ortho intramolecular Hbond substituents is 1. The van der Waals surface area contributed by atoms with Gasteiger partial charge in [-0.3, -0.25) is 0 Å². The lowest BCUT2D eigenvalue weighted by molar-refractivity contribution is 0.341. The summed E-state index contributed by atoms with van der Waals surface area (Å²) in [6.45, 7) is 4.71. The van der Waals surface area contributed by atoms with Crippen LogP contribution in [0.4, 0.5) is 5.69 Å². The summed E-state index contributed by atoms with van der Waals surface area (Å²) in [5.41, 5.74) is 4.47. The molecule has 3 rings (SSSR count). The lowest BCUT2D eigenvalue weighted by atomic mass is 10.1. The van der Waals surface area contributed by atoms with Crippen LogP contribution in [0.25, 0.3) is 0 Å². The molecule has 110 valence electrons. The molecule has 3 nitrogen and oxygen atoms in total. The Balaban J connectivity index is 1.88. The molecule has 0 aromatic heterocycles. The molecule has 2 aromatic carbocycles. The maximum atomic E-state index is 9.94. The number of benzene rings is 2. The lowest BCUT2D eigenvalue weighted by Gasteiger charge is -2.19. The van der Waals surface area contributed by atoms with Crippen molar-refractivity contribution in [2.24, 2.45) is 0 Å². The average molecular weight is 283 g/mol. The first-order chi connectivity index (χ1) is 10.2. The summed E-state index contributed by atoms with van der Waals surface area (Å²) in [6, 6.07) is 12.2. The van der Waals surface area contributed by atoms with Crippen LogP contribution >= 0.6 is 0 Å². The number of fused-ring (bicyclic) bond motifs is 1. The zero-order valence-corrected chi connectivity index (χ0v) is 12.5. The van der Waals surface area contributed by atoms with Gasteiger partial charge in [0.15, 0.2) is 0 Å². The summed E-state index contributed by atoms with van der Waals surface area (Å²) in [5, 5.41) is 13.5. The van der Waals surface area contributed by atoms with Crippen LogP contribution in [0.3, 0.4) is 0 Å². The van der Waals surface area contributed by atoms with E-state index in [1.165, 1.54) is 11.1 Å². The van der Waals surface area contributed by atoms with E-state index in [9.17, 15) is 5.11 Å². The van der Waals surface area contributed by atoms with Gasteiger partial charge in [-0.2, -0.15) is 0 Å². The third-order valence-corrected chi connectivity index (χ3v) is 4.01. The fraction of sp³-hybridized carbons (Fsp3) is 0.333. The van der Waals surface area contributed by atoms with E-state index >= 15 is 0 Å². The largest absolute Gasteiger partial charge is 0.508 e. The monoisotopic (exact) mass is 283 g/mol. The van der Waals surface area contributed by atoms with Gasteiger partial charge in [0.2, 0.25) is 0 Å². The molecule has 0 aliphatic heterocycles. The number of aryl methyl sites for hydroxylation is 1. The van der Waals surface area contributed by atoms with E-state index in [0.29, 0.717) is 12.4 Å². The lowest BCUT2D eigenvalue weighted by Crippen LogP contribution is -2.08. The number of rotatable bonds is 4. The molecular weight excluding hydrogens is 262 g/mol. The SMILES string of the molecule is CCOc1cc(C)ccc1NC1CCc2c(O)cccc21. The van der Waals surface area contributed by atoms with E-state index in [1.807, 2.05) is 13.0 Å². The fourth-order valence-electron chi connectivity index (χ4n) is 3.00. The van der Waals surface area contributed by atoms with Crippen molar-refractivity contribution in [2.45, 2.75) is 32.7 Å². The summed E-state index contributed by atoms with van der Waals surface area (Å²) in [4.78, 5) is 0. The second kappa shape index (κ2) is 5.68.